The average Bonchev–Trinajstić information content (AvgIpc) is 1.68. The highest BCUT2D eigenvalue weighted by Gasteiger charge is 2.56. The lowest BCUT2D eigenvalue weighted by atomic mass is 9.77. The van der Waals surface area contributed by atoms with Gasteiger partial charge in [-0.2, -0.15) is 14.4 Å². The highest BCUT2D eigenvalue weighted by atomic mass is 31.2. The summed E-state index contributed by atoms with van der Waals surface area (Å²) in [6.45, 7) is 5.33. The number of benzene rings is 7. The first-order valence-electron chi connectivity index (χ1n) is 38.4. The lowest BCUT2D eigenvalue weighted by Gasteiger charge is -2.41. The van der Waals surface area contributed by atoms with Crippen LogP contribution in [0.2, 0.25) is 0 Å². The number of hydrogen-bond acceptors (Lipinski definition) is 15. The molecule has 107 heavy (non-hydrogen) atoms. The average molecular weight is 1470 g/mol. The second-order valence-corrected chi connectivity index (χ2v) is 29.4. The smallest absolute Gasteiger partial charge is 0.407 e. The zero-order valence-corrected chi connectivity index (χ0v) is 63.7. The number of carbonyl (C=O) groups is 2. The Morgan fingerprint density at radius 3 is 1.50 bits per heavy atom. The number of nitrogens with zero attached hydrogens (tertiary/aromatic N) is 4. The molecule has 2 N–H and O–H groups in total. The number of carbonyl (C=O) groups excluding carboxylic acids is 2. The van der Waals surface area contributed by atoms with Crippen LogP contribution in [-0.4, -0.2) is 89.3 Å². The van der Waals surface area contributed by atoms with Crippen LogP contribution in [0.5, 0.6) is 11.5 Å². The number of fused-ring (bicyclic) bond motifs is 1. The molecular formula is C88H106FN6O11P. The number of halogens is 1. The molecule has 0 aliphatic carbocycles. The molecule has 1 fully saturated rings. The van der Waals surface area contributed by atoms with E-state index in [1.807, 2.05) is 200 Å². The summed E-state index contributed by atoms with van der Waals surface area (Å²) in [4.78, 5) is 42.9. The van der Waals surface area contributed by atoms with E-state index in [4.69, 9.17) is 48.9 Å². The Morgan fingerprint density at radius 2 is 1.03 bits per heavy atom. The van der Waals surface area contributed by atoms with E-state index in [9.17, 15) is 9.59 Å². The minimum Gasteiger partial charge on any atom is -0.497 e. The Balaban J connectivity index is 1.04. The summed E-state index contributed by atoms with van der Waals surface area (Å²) in [5.74, 6) is 2.70. The number of unbranched alkanes of at least 4 members (excludes halogenated alkanes) is 18. The van der Waals surface area contributed by atoms with Crippen molar-refractivity contribution in [3.63, 3.8) is 0 Å². The molecule has 7 aromatic carbocycles. The van der Waals surface area contributed by atoms with Crippen LogP contribution in [0.1, 0.15) is 201 Å². The SMILES string of the molecule is C#C[C@]1(COP(=O)(N[C@@H](Cc2ccccc2)C(=O)OCCCCCCCCCCCC)O[C@@H](C)C(=O)OCCCCCCCCCCCC)O[C@@H](n2cnc3c(NC(c4ccccc4)(c4ccccc4)c4ccc(OC)cc4)nc(F)nc32)C[C@@H]1OC(c1ccccc1)(c1ccccc1)c1ccc(OC)cc1. The Morgan fingerprint density at radius 1 is 0.598 bits per heavy atom. The van der Waals surface area contributed by atoms with Gasteiger partial charge in [0.05, 0.1) is 33.8 Å². The van der Waals surface area contributed by atoms with Gasteiger partial charge in [-0.3, -0.25) is 18.4 Å². The van der Waals surface area contributed by atoms with Crippen molar-refractivity contribution in [2.24, 2.45) is 0 Å². The Hall–Kier alpha value is -9.05. The summed E-state index contributed by atoms with van der Waals surface area (Å²) < 4.78 is 86.6. The van der Waals surface area contributed by atoms with Gasteiger partial charge in [0.25, 0.3) is 0 Å². The third kappa shape index (κ3) is 21.2. The zero-order chi connectivity index (χ0) is 75.2. The molecule has 17 nitrogen and oxygen atoms in total. The van der Waals surface area contributed by atoms with Crippen molar-refractivity contribution in [2.75, 3.05) is 39.4 Å². The number of methoxy groups -OCH3 is 2. The highest BCUT2D eigenvalue weighted by Crippen LogP contribution is 2.53. The summed E-state index contributed by atoms with van der Waals surface area (Å²) in [5, 5.41) is 6.69. The molecule has 1 aliphatic heterocycles. The number of imidazole rings is 1. The third-order valence-corrected chi connectivity index (χ3v) is 21.8. The largest absolute Gasteiger partial charge is 0.497 e. The fourth-order valence-corrected chi connectivity index (χ4v) is 15.9. The number of rotatable bonds is 46. The molecular weight excluding hydrogens is 1370 g/mol. The van der Waals surface area contributed by atoms with Crippen molar-refractivity contribution in [3.8, 4) is 23.8 Å². The quantitative estimate of drug-likeness (QED) is 0.00913. The van der Waals surface area contributed by atoms with E-state index in [1.54, 1.807) is 18.8 Å². The van der Waals surface area contributed by atoms with Crippen LogP contribution in [0, 0.1) is 18.4 Å². The summed E-state index contributed by atoms with van der Waals surface area (Å²) in [7, 11) is -1.82. The van der Waals surface area contributed by atoms with Gasteiger partial charge < -0.3 is 33.7 Å². The number of aromatic nitrogens is 4. The molecule has 2 aromatic heterocycles. The summed E-state index contributed by atoms with van der Waals surface area (Å²) in [6, 6.07) is 61.9. The first-order chi connectivity index (χ1) is 52.3. The van der Waals surface area contributed by atoms with E-state index >= 15 is 8.96 Å². The molecule has 0 radical (unpaired) electrons. The minimum atomic E-state index is -5.02. The fourth-order valence-electron chi connectivity index (χ4n) is 14.2. The van der Waals surface area contributed by atoms with Crippen LogP contribution in [0.4, 0.5) is 10.2 Å². The highest BCUT2D eigenvalue weighted by molar-refractivity contribution is 7.51. The van der Waals surface area contributed by atoms with E-state index in [0.29, 0.717) is 46.6 Å². The number of anilines is 1. The second-order valence-electron chi connectivity index (χ2n) is 27.7. The van der Waals surface area contributed by atoms with Gasteiger partial charge in [-0.05, 0) is 89.4 Å². The molecule has 10 rings (SSSR count). The van der Waals surface area contributed by atoms with Crippen LogP contribution in [0.15, 0.2) is 207 Å². The van der Waals surface area contributed by atoms with Crippen LogP contribution in [0.25, 0.3) is 11.2 Å². The third-order valence-electron chi connectivity index (χ3n) is 20.1. The van der Waals surface area contributed by atoms with Crippen molar-refractivity contribution in [1.29, 1.82) is 0 Å². The molecule has 0 amide bonds. The first kappa shape index (κ1) is 80.5. The molecule has 1 unspecified atom stereocenters. The van der Waals surface area contributed by atoms with Gasteiger partial charge in [-0.25, -0.2) is 19.4 Å². The first-order valence-corrected chi connectivity index (χ1v) is 40.0. The molecule has 1 aliphatic rings. The number of terminal acetylenes is 1. The minimum absolute atomic E-state index is 0.0179. The molecule has 0 saturated carbocycles. The van der Waals surface area contributed by atoms with Crippen molar-refractivity contribution in [2.45, 2.75) is 203 Å². The maximum absolute atomic E-state index is 17.0. The van der Waals surface area contributed by atoms with Crippen molar-refractivity contribution >= 4 is 36.7 Å². The number of hydrogen-bond donors (Lipinski definition) is 2. The predicted molar refractivity (Wildman–Crippen MR) is 418 cm³/mol. The van der Waals surface area contributed by atoms with Gasteiger partial charge in [0, 0.05) is 6.42 Å². The summed E-state index contributed by atoms with van der Waals surface area (Å²) >= 11 is 0. The van der Waals surface area contributed by atoms with E-state index in [1.165, 1.54) is 77.5 Å². The number of esters is 2. The van der Waals surface area contributed by atoms with Gasteiger partial charge in [0.1, 0.15) is 47.6 Å². The van der Waals surface area contributed by atoms with Crippen LogP contribution in [0.3, 0.4) is 0 Å². The maximum Gasteiger partial charge on any atom is 0.407 e. The molecule has 3 heterocycles. The lowest BCUT2D eigenvalue weighted by molar-refractivity contribution is -0.152. The standard InChI is InChI=1S/C88H106FN6O11P/c1-7-10-12-14-16-18-20-22-24-41-61-101-83(96)67(4)106-107(98,94-77(63-68-43-31-26-32-44-68)84(97)102-62-42-25-23-21-19-17-15-13-11-8-2)103-65-86(9-3)78(104-88(72-49-37-29-38-50-72,73-51-39-30-40-52-73)74-55-59-76(100-6)60-56-74)64-79(105-86)95-66-90-80-81(91-85(89)92-82(80)95)93-87(69-45-33-27-34-46-69,70-47-35-28-36-48-70)71-53-57-75(99-5)58-54-71/h3,26-40,43-60,66-67,77-79H,7-8,10-25,41-42,61-65H2,1-2,4-6H3,(H,94,98)(H,91,92,93)/t67-,77-,78-,79+,86+,107?/m0/s1. The van der Waals surface area contributed by atoms with Crippen LogP contribution < -0.4 is 19.9 Å². The van der Waals surface area contributed by atoms with Gasteiger partial charge in [-0.15, -0.1) is 6.42 Å². The second kappa shape index (κ2) is 40.8. The number of ether oxygens (including phenoxy) is 6. The van der Waals surface area contributed by atoms with Crippen molar-refractivity contribution in [1.82, 2.24) is 24.6 Å². The van der Waals surface area contributed by atoms with Crippen molar-refractivity contribution in [3.05, 3.63) is 252 Å². The molecule has 6 atom stereocenters. The normalized spacial score (nSPS) is 16.3. The van der Waals surface area contributed by atoms with Gasteiger partial charge in [-0.1, -0.05) is 311 Å². The van der Waals surface area contributed by atoms with Gasteiger partial charge >= 0.3 is 25.8 Å². The van der Waals surface area contributed by atoms with Crippen LogP contribution in [-0.2, 0) is 59.7 Å². The molecule has 0 spiro atoms. The van der Waals surface area contributed by atoms with E-state index in [0.717, 1.165) is 68.1 Å². The van der Waals surface area contributed by atoms with Crippen LogP contribution >= 0.6 is 7.75 Å². The summed E-state index contributed by atoms with van der Waals surface area (Å²) in [5.41, 5.74) is 0.542. The topological polar surface area (TPSA) is 193 Å². The Labute approximate surface area is 632 Å². The van der Waals surface area contributed by atoms with E-state index < -0.39 is 73.6 Å². The van der Waals surface area contributed by atoms with Crippen molar-refractivity contribution < 1.29 is 56.0 Å². The van der Waals surface area contributed by atoms with E-state index in [-0.39, 0.29) is 43.0 Å². The lowest BCUT2D eigenvalue weighted by Crippen LogP contribution is -2.49. The Kier molecular flexibility index (Phi) is 30.7. The maximum atomic E-state index is 17.0. The molecule has 566 valence electrons. The summed E-state index contributed by atoms with van der Waals surface area (Å²) in [6.07, 6.45) is 25.0. The van der Waals surface area contributed by atoms with E-state index in [2.05, 4.69) is 40.1 Å². The Bertz CT molecular complexity index is 4150. The van der Waals surface area contributed by atoms with Gasteiger partial charge in [0.2, 0.25) is 0 Å². The molecule has 9 aromatic rings. The zero-order valence-electron chi connectivity index (χ0n) is 62.8. The fraction of sp³-hybridized carbons (Fsp3) is 0.420. The molecule has 1 saturated heterocycles. The number of nitrogens with one attached hydrogen (secondary N) is 2. The van der Waals surface area contributed by atoms with Gasteiger partial charge in [0.15, 0.2) is 28.7 Å². The molecule has 19 heteroatoms. The monoisotopic (exact) mass is 1470 g/mol. The predicted octanol–water partition coefficient (Wildman–Crippen LogP) is 19.7. The molecule has 0 bridgehead atoms.